The van der Waals surface area contributed by atoms with E-state index >= 15 is 0 Å². The first-order chi connectivity index (χ1) is 9.15. The third kappa shape index (κ3) is 3.35. The van der Waals surface area contributed by atoms with Gasteiger partial charge in [0.25, 0.3) is 0 Å². The highest BCUT2D eigenvalue weighted by Crippen LogP contribution is 2.23. The van der Waals surface area contributed by atoms with E-state index in [4.69, 9.17) is 5.73 Å². The summed E-state index contributed by atoms with van der Waals surface area (Å²) in [6, 6.07) is 9.94. The molecule has 2 N–H and O–H groups in total. The SMILES string of the molecule is CCc1ccc(C(CN)N2CCN(C)C(C)C2)cc1. The van der Waals surface area contributed by atoms with Gasteiger partial charge in [0.2, 0.25) is 0 Å². The van der Waals surface area contributed by atoms with Crippen molar-refractivity contribution in [3.63, 3.8) is 0 Å². The number of rotatable bonds is 4. The summed E-state index contributed by atoms with van der Waals surface area (Å²) in [5.74, 6) is 0. The van der Waals surface area contributed by atoms with Crippen LogP contribution in [0.4, 0.5) is 0 Å². The second kappa shape index (κ2) is 6.51. The number of likely N-dealkylation sites (N-methyl/N-ethyl adjacent to an activating group) is 1. The Morgan fingerprint density at radius 2 is 1.95 bits per heavy atom. The molecular weight excluding hydrogens is 234 g/mol. The highest BCUT2D eigenvalue weighted by molar-refractivity contribution is 5.25. The van der Waals surface area contributed by atoms with E-state index < -0.39 is 0 Å². The molecule has 1 aromatic carbocycles. The minimum atomic E-state index is 0.363. The molecule has 0 spiro atoms. The summed E-state index contributed by atoms with van der Waals surface area (Å²) in [6.07, 6.45) is 1.10. The first kappa shape index (κ1) is 14.5. The van der Waals surface area contributed by atoms with E-state index in [2.05, 4.69) is 55.0 Å². The van der Waals surface area contributed by atoms with Crippen molar-refractivity contribution in [3.05, 3.63) is 35.4 Å². The molecule has 3 heteroatoms. The Kier molecular flexibility index (Phi) is 4.97. The van der Waals surface area contributed by atoms with E-state index in [-0.39, 0.29) is 0 Å². The molecule has 0 radical (unpaired) electrons. The summed E-state index contributed by atoms with van der Waals surface area (Å²) in [5.41, 5.74) is 8.78. The zero-order chi connectivity index (χ0) is 13.8. The van der Waals surface area contributed by atoms with Crippen LogP contribution in [0.5, 0.6) is 0 Å². The van der Waals surface area contributed by atoms with Crippen molar-refractivity contribution >= 4 is 0 Å². The van der Waals surface area contributed by atoms with Gasteiger partial charge >= 0.3 is 0 Å². The number of benzene rings is 1. The smallest absolute Gasteiger partial charge is 0.0471 e. The molecule has 0 aliphatic carbocycles. The molecular formula is C16H27N3. The Hall–Kier alpha value is -0.900. The summed E-state index contributed by atoms with van der Waals surface area (Å²) in [4.78, 5) is 4.95. The van der Waals surface area contributed by atoms with E-state index in [1.54, 1.807) is 0 Å². The van der Waals surface area contributed by atoms with Gasteiger partial charge < -0.3 is 10.6 Å². The van der Waals surface area contributed by atoms with Crippen LogP contribution in [0.2, 0.25) is 0 Å². The molecule has 1 aliphatic heterocycles. The summed E-state index contributed by atoms with van der Waals surface area (Å²) >= 11 is 0. The van der Waals surface area contributed by atoms with Crippen LogP contribution < -0.4 is 5.73 Å². The Balaban J connectivity index is 2.10. The first-order valence-corrected chi connectivity index (χ1v) is 7.39. The molecule has 2 rings (SSSR count). The van der Waals surface area contributed by atoms with Crippen molar-refractivity contribution in [2.24, 2.45) is 5.73 Å². The molecule has 0 amide bonds. The zero-order valence-electron chi connectivity index (χ0n) is 12.5. The third-order valence-corrected chi connectivity index (χ3v) is 4.43. The van der Waals surface area contributed by atoms with Crippen LogP contribution in [-0.2, 0) is 6.42 Å². The second-order valence-electron chi connectivity index (χ2n) is 5.67. The molecule has 0 saturated carbocycles. The van der Waals surface area contributed by atoms with Crippen molar-refractivity contribution in [3.8, 4) is 0 Å². The molecule has 1 heterocycles. The van der Waals surface area contributed by atoms with E-state index in [1.807, 2.05) is 0 Å². The molecule has 3 nitrogen and oxygen atoms in total. The van der Waals surface area contributed by atoms with E-state index in [0.29, 0.717) is 18.6 Å². The maximum absolute atomic E-state index is 6.03. The molecule has 2 atom stereocenters. The number of hydrogen-bond donors (Lipinski definition) is 1. The maximum Gasteiger partial charge on any atom is 0.0471 e. The fraction of sp³-hybridized carbons (Fsp3) is 0.625. The minimum Gasteiger partial charge on any atom is -0.329 e. The molecule has 19 heavy (non-hydrogen) atoms. The lowest BCUT2D eigenvalue weighted by molar-refractivity contribution is 0.0741. The second-order valence-corrected chi connectivity index (χ2v) is 5.67. The molecule has 0 bridgehead atoms. The third-order valence-electron chi connectivity index (χ3n) is 4.43. The molecule has 106 valence electrons. The number of nitrogens with zero attached hydrogens (tertiary/aromatic N) is 2. The van der Waals surface area contributed by atoms with Crippen molar-refractivity contribution < 1.29 is 0 Å². The predicted molar refractivity (Wildman–Crippen MR) is 81.3 cm³/mol. The molecule has 2 unspecified atom stereocenters. The topological polar surface area (TPSA) is 32.5 Å². The number of aryl methyl sites for hydroxylation is 1. The monoisotopic (exact) mass is 261 g/mol. The molecule has 1 aliphatic rings. The summed E-state index contributed by atoms with van der Waals surface area (Å²) in [6.45, 7) is 8.52. The van der Waals surface area contributed by atoms with Crippen LogP contribution >= 0.6 is 0 Å². The van der Waals surface area contributed by atoms with Gasteiger partial charge in [0, 0.05) is 38.3 Å². The van der Waals surface area contributed by atoms with E-state index in [0.717, 1.165) is 26.1 Å². The Morgan fingerprint density at radius 3 is 2.47 bits per heavy atom. The van der Waals surface area contributed by atoms with Gasteiger partial charge in [0.1, 0.15) is 0 Å². The lowest BCUT2D eigenvalue weighted by Gasteiger charge is -2.41. The predicted octanol–water partition coefficient (Wildman–Crippen LogP) is 1.88. The fourth-order valence-electron chi connectivity index (χ4n) is 2.83. The summed E-state index contributed by atoms with van der Waals surface area (Å²) in [5, 5.41) is 0. The quantitative estimate of drug-likeness (QED) is 0.898. The van der Waals surface area contributed by atoms with Crippen LogP contribution in [-0.4, -0.2) is 49.1 Å². The largest absolute Gasteiger partial charge is 0.329 e. The van der Waals surface area contributed by atoms with Crippen LogP contribution in [0.1, 0.15) is 31.0 Å². The van der Waals surface area contributed by atoms with Gasteiger partial charge in [-0.1, -0.05) is 31.2 Å². The summed E-state index contributed by atoms with van der Waals surface area (Å²) in [7, 11) is 2.20. The minimum absolute atomic E-state index is 0.363. The van der Waals surface area contributed by atoms with Crippen LogP contribution in [0.25, 0.3) is 0 Å². The van der Waals surface area contributed by atoms with Gasteiger partial charge in [0.05, 0.1) is 0 Å². The normalized spacial score (nSPS) is 23.5. The van der Waals surface area contributed by atoms with Crippen LogP contribution in [0.3, 0.4) is 0 Å². The molecule has 1 aromatic rings. The van der Waals surface area contributed by atoms with Gasteiger partial charge in [-0.15, -0.1) is 0 Å². The summed E-state index contributed by atoms with van der Waals surface area (Å²) < 4.78 is 0. The number of nitrogens with two attached hydrogens (primary N) is 1. The maximum atomic E-state index is 6.03. The standard InChI is InChI=1S/C16H27N3/c1-4-14-5-7-15(8-6-14)16(11-17)19-10-9-18(3)13(2)12-19/h5-8,13,16H,4,9-12,17H2,1-3H3. The van der Waals surface area contributed by atoms with Crippen LogP contribution in [0.15, 0.2) is 24.3 Å². The highest BCUT2D eigenvalue weighted by atomic mass is 15.3. The number of hydrogen-bond acceptors (Lipinski definition) is 3. The van der Waals surface area contributed by atoms with Crippen molar-refractivity contribution in [2.75, 3.05) is 33.2 Å². The number of piperazine rings is 1. The molecule has 0 aromatic heterocycles. The average molecular weight is 261 g/mol. The lowest BCUT2D eigenvalue weighted by atomic mass is 10.0. The van der Waals surface area contributed by atoms with Gasteiger partial charge in [-0.05, 0) is 31.5 Å². The molecule has 1 fully saturated rings. The van der Waals surface area contributed by atoms with Gasteiger partial charge in [-0.2, -0.15) is 0 Å². The van der Waals surface area contributed by atoms with E-state index in [9.17, 15) is 0 Å². The Bertz CT molecular complexity index is 387. The van der Waals surface area contributed by atoms with Gasteiger partial charge in [0.15, 0.2) is 0 Å². The van der Waals surface area contributed by atoms with Crippen LogP contribution in [0, 0.1) is 0 Å². The lowest BCUT2D eigenvalue weighted by Crippen LogP contribution is -2.52. The van der Waals surface area contributed by atoms with Crippen molar-refractivity contribution in [1.82, 2.24) is 9.80 Å². The first-order valence-electron chi connectivity index (χ1n) is 7.39. The van der Waals surface area contributed by atoms with Crippen molar-refractivity contribution in [1.29, 1.82) is 0 Å². The zero-order valence-corrected chi connectivity index (χ0v) is 12.5. The van der Waals surface area contributed by atoms with Gasteiger partial charge in [-0.3, -0.25) is 4.90 Å². The fourth-order valence-corrected chi connectivity index (χ4v) is 2.83. The van der Waals surface area contributed by atoms with Crippen molar-refractivity contribution in [2.45, 2.75) is 32.4 Å². The Morgan fingerprint density at radius 1 is 1.26 bits per heavy atom. The average Bonchev–Trinajstić information content (AvgIpc) is 2.44. The Labute approximate surface area is 117 Å². The molecule has 1 saturated heterocycles. The van der Waals surface area contributed by atoms with E-state index in [1.165, 1.54) is 11.1 Å². The van der Waals surface area contributed by atoms with Gasteiger partial charge in [-0.25, -0.2) is 0 Å². The highest BCUT2D eigenvalue weighted by Gasteiger charge is 2.26.